The number of halogens is 1. The summed E-state index contributed by atoms with van der Waals surface area (Å²) in [4.78, 5) is 13.0. The molecule has 3 aromatic carbocycles. The highest BCUT2D eigenvalue weighted by Crippen LogP contribution is 2.43. The van der Waals surface area contributed by atoms with Gasteiger partial charge in [0, 0.05) is 5.39 Å². The minimum Gasteiger partial charge on any atom is -0.323 e. The van der Waals surface area contributed by atoms with Crippen molar-refractivity contribution in [2.45, 2.75) is 17.9 Å². The van der Waals surface area contributed by atoms with Gasteiger partial charge >= 0.3 is 0 Å². The molecule has 0 radical (unpaired) electrons. The van der Waals surface area contributed by atoms with Gasteiger partial charge in [-0.3, -0.25) is 9.10 Å². The number of carbonyl (C=O) groups excluding carboxylic acids is 1. The molecule has 1 heterocycles. The SMILES string of the molecule is C[C@H](C(=O)Nc1ccccc1Cl)N1c2cccc3cccc(c23)S1(=O)=O. The van der Waals surface area contributed by atoms with Crippen LogP contribution in [0.5, 0.6) is 0 Å². The van der Waals surface area contributed by atoms with Crippen LogP contribution in [0.4, 0.5) is 11.4 Å². The predicted octanol–water partition coefficient (Wildman–Crippen LogP) is 4.03. The Kier molecular flexibility index (Phi) is 3.89. The lowest BCUT2D eigenvalue weighted by molar-refractivity contribution is -0.116. The van der Waals surface area contributed by atoms with Gasteiger partial charge in [-0.05, 0) is 36.6 Å². The number of benzene rings is 3. The topological polar surface area (TPSA) is 66.5 Å². The second-order valence-electron chi connectivity index (χ2n) is 6.08. The normalized spacial score (nSPS) is 15.8. The molecule has 1 atom stereocenters. The van der Waals surface area contributed by atoms with Gasteiger partial charge in [0.05, 0.1) is 21.3 Å². The Labute approximate surface area is 156 Å². The summed E-state index contributed by atoms with van der Waals surface area (Å²) < 4.78 is 27.3. The molecule has 7 heteroatoms. The Balaban J connectivity index is 1.75. The number of nitrogens with zero attached hydrogens (tertiary/aromatic N) is 1. The van der Waals surface area contributed by atoms with E-state index in [1.54, 1.807) is 55.5 Å². The van der Waals surface area contributed by atoms with Crippen molar-refractivity contribution in [2.24, 2.45) is 0 Å². The van der Waals surface area contributed by atoms with Gasteiger partial charge in [-0.15, -0.1) is 0 Å². The number of nitrogens with one attached hydrogen (secondary N) is 1. The lowest BCUT2D eigenvalue weighted by Crippen LogP contribution is -2.44. The summed E-state index contributed by atoms with van der Waals surface area (Å²) in [6, 6.07) is 16.4. The van der Waals surface area contributed by atoms with Gasteiger partial charge in [-0.1, -0.05) is 48.0 Å². The molecule has 0 saturated carbocycles. The Morgan fingerprint density at radius 1 is 1.04 bits per heavy atom. The zero-order valence-electron chi connectivity index (χ0n) is 13.8. The van der Waals surface area contributed by atoms with Crippen LogP contribution in [0.3, 0.4) is 0 Å². The van der Waals surface area contributed by atoms with Crippen LogP contribution in [-0.2, 0) is 14.8 Å². The molecule has 0 saturated heterocycles. The van der Waals surface area contributed by atoms with Crippen molar-refractivity contribution in [1.29, 1.82) is 0 Å². The van der Waals surface area contributed by atoms with Crippen molar-refractivity contribution >= 4 is 49.7 Å². The van der Waals surface area contributed by atoms with Crippen LogP contribution in [0.2, 0.25) is 5.02 Å². The van der Waals surface area contributed by atoms with Crippen molar-refractivity contribution in [3.8, 4) is 0 Å². The van der Waals surface area contributed by atoms with Gasteiger partial charge in [0.15, 0.2) is 0 Å². The van der Waals surface area contributed by atoms with Crippen LogP contribution in [0, 0.1) is 0 Å². The van der Waals surface area contributed by atoms with Crippen LogP contribution in [0.15, 0.2) is 65.6 Å². The van der Waals surface area contributed by atoms with Gasteiger partial charge in [0.2, 0.25) is 5.91 Å². The van der Waals surface area contributed by atoms with Gasteiger partial charge in [-0.2, -0.15) is 0 Å². The number of para-hydroxylation sites is 1. The highest BCUT2D eigenvalue weighted by Gasteiger charge is 2.40. The molecule has 0 spiro atoms. The number of anilines is 2. The van der Waals surface area contributed by atoms with E-state index in [2.05, 4.69) is 5.32 Å². The highest BCUT2D eigenvalue weighted by molar-refractivity contribution is 7.93. The molecule has 132 valence electrons. The molecule has 0 fully saturated rings. The summed E-state index contributed by atoms with van der Waals surface area (Å²) >= 11 is 6.08. The standard InChI is InChI=1S/C19H15ClN2O3S/c1-12(19(23)21-15-9-3-2-8-14(15)20)22-16-10-4-6-13-7-5-11-17(18(13)16)26(22,24)25/h2-12H,1H3,(H,21,23)/t12-/m1/s1. The van der Waals surface area contributed by atoms with E-state index in [1.807, 2.05) is 12.1 Å². The Hall–Kier alpha value is -2.57. The van der Waals surface area contributed by atoms with E-state index in [1.165, 1.54) is 4.31 Å². The molecule has 1 N–H and O–H groups in total. The molecule has 0 aromatic heterocycles. The second kappa shape index (κ2) is 6.00. The maximum absolute atomic E-state index is 13.1. The van der Waals surface area contributed by atoms with Crippen molar-refractivity contribution in [3.63, 3.8) is 0 Å². The van der Waals surface area contributed by atoms with Crippen LogP contribution in [0.25, 0.3) is 10.8 Å². The molecule has 3 aromatic rings. The first-order valence-electron chi connectivity index (χ1n) is 8.03. The van der Waals surface area contributed by atoms with Crippen molar-refractivity contribution in [3.05, 3.63) is 65.7 Å². The first-order valence-corrected chi connectivity index (χ1v) is 9.84. The van der Waals surface area contributed by atoms with E-state index in [4.69, 9.17) is 11.6 Å². The molecule has 4 rings (SSSR count). The van der Waals surface area contributed by atoms with Crippen LogP contribution in [0.1, 0.15) is 6.92 Å². The summed E-state index contributed by atoms with van der Waals surface area (Å²) in [7, 11) is -3.81. The van der Waals surface area contributed by atoms with Crippen molar-refractivity contribution < 1.29 is 13.2 Å². The van der Waals surface area contributed by atoms with E-state index in [0.29, 0.717) is 21.8 Å². The smallest absolute Gasteiger partial charge is 0.265 e. The van der Waals surface area contributed by atoms with Crippen molar-refractivity contribution in [1.82, 2.24) is 0 Å². The summed E-state index contributed by atoms with van der Waals surface area (Å²) in [6.45, 7) is 1.56. The lowest BCUT2D eigenvalue weighted by Gasteiger charge is -2.25. The van der Waals surface area contributed by atoms with Crippen LogP contribution in [-0.4, -0.2) is 20.4 Å². The average molecular weight is 387 g/mol. The van der Waals surface area contributed by atoms with E-state index in [-0.39, 0.29) is 4.90 Å². The second-order valence-corrected chi connectivity index (χ2v) is 8.27. The molecular formula is C19H15ClN2O3S. The molecule has 0 unspecified atom stereocenters. The minimum atomic E-state index is -3.81. The van der Waals surface area contributed by atoms with Crippen LogP contribution >= 0.6 is 11.6 Å². The van der Waals surface area contributed by atoms with E-state index >= 15 is 0 Å². The minimum absolute atomic E-state index is 0.225. The fourth-order valence-electron chi connectivity index (χ4n) is 3.24. The first-order chi connectivity index (χ1) is 12.4. The summed E-state index contributed by atoms with van der Waals surface area (Å²) in [5, 5.41) is 4.57. The Morgan fingerprint density at radius 2 is 1.73 bits per heavy atom. The fraction of sp³-hybridized carbons (Fsp3) is 0.105. The maximum atomic E-state index is 13.1. The molecule has 1 aliphatic heterocycles. The molecular weight excluding hydrogens is 372 g/mol. The predicted molar refractivity (Wildman–Crippen MR) is 103 cm³/mol. The third-order valence-corrected chi connectivity index (χ3v) is 6.74. The number of carbonyl (C=O) groups is 1. The van der Waals surface area contributed by atoms with Gasteiger partial charge in [0.1, 0.15) is 6.04 Å². The molecule has 1 aliphatic rings. The van der Waals surface area contributed by atoms with Crippen LogP contribution < -0.4 is 9.62 Å². The molecule has 26 heavy (non-hydrogen) atoms. The van der Waals surface area contributed by atoms with Gasteiger partial charge < -0.3 is 5.32 Å². The van der Waals surface area contributed by atoms with Gasteiger partial charge in [-0.25, -0.2) is 8.42 Å². The number of hydrogen-bond donors (Lipinski definition) is 1. The van der Waals surface area contributed by atoms with Gasteiger partial charge in [0.25, 0.3) is 10.0 Å². The summed E-state index contributed by atoms with van der Waals surface area (Å²) in [6.07, 6.45) is 0. The number of amides is 1. The largest absolute Gasteiger partial charge is 0.323 e. The van der Waals surface area contributed by atoms with E-state index < -0.39 is 22.0 Å². The zero-order chi connectivity index (χ0) is 18.5. The van der Waals surface area contributed by atoms with Crippen molar-refractivity contribution in [2.75, 3.05) is 9.62 Å². The monoisotopic (exact) mass is 386 g/mol. The molecule has 1 amide bonds. The highest BCUT2D eigenvalue weighted by atomic mass is 35.5. The third kappa shape index (κ3) is 2.45. The maximum Gasteiger partial charge on any atom is 0.265 e. The lowest BCUT2D eigenvalue weighted by atomic mass is 10.1. The third-order valence-electron chi connectivity index (χ3n) is 4.48. The molecule has 0 aliphatic carbocycles. The Morgan fingerprint density at radius 3 is 2.46 bits per heavy atom. The molecule has 0 bridgehead atoms. The Bertz CT molecular complexity index is 1140. The fourth-order valence-corrected chi connectivity index (χ4v) is 5.29. The number of rotatable bonds is 3. The van der Waals surface area contributed by atoms with E-state index in [9.17, 15) is 13.2 Å². The van der Waals surface area contributed by atoms with E-state index in [0.717, 1.165) is 5.39 Å². The number of hydrogen-bond acceptors (Lipinski definition) is 3. The summed E-state index contributed by atoms with van der Waals surface area (Å²) in [5.74, 6) is -0.452. The number of sulfonamides is 1. The first kappa shape index (κ1) is 16.9. The average Bonchev–Trinajstić information content (AvgIpc) is 2.85. The quantitative estimate of drug-likeness (QED) is 0.739. The molecule has 5 nitrogen and oxygen atoms in total. The summed E-state index contributed by atoms with van der Waals surface area (Å²) in [5.41, 5.74) is 0.957. The zero-order valence-corrected chi connectivity index (χ0v) is 15.4.